The Morgan fingerprint density at radius 1 is 0.882 bits per heavy atom. The van der Waals surface area contributed by atoms with E-state index in [1.165, 1.54) is 16.8 Å². The second-order valence-electron chi connectivity index (χ2n) is 4.46. The smallest absolute Gasteiger partial charge is 0.104 e. The SMILES string of the molecule is CC1NC(c2ccccc2)Nc2ccccc21. The molecule has 0 bridgehead atoms. The van der Waals surface area contributed by atoms with Crippen molar-refractivity contribution in [1.82, 2.24) is 5.32 Å². The highest BCUT2D eigenvalue weighted by Crippen LogP contribution is 2.32. The Labute approximate surface area is 102 Å². The third kappa shape index (κ3) is 1.92. The molecule has 2 unspecified atom stereocenters. The van der Waals surface area contributed by atoms with Crippen LogP contribution in [0.4, 0.5) is 5.69 Å². The molecule has 1 aliphatic rings. The number of hydrogen-bond donors (Lipinski definition) is 2. The van der Waals surface area contributed by atoms with Gasteiger partial charge in [-0.25, -0.2) is 0 Å². The molecule has 2 nitrogen and oxygen atoms in total. The van der Waals surface area contributed by atoms with Crippen LogP contribution in [0.3, 0.4) is 0 Å². The molecule has 17 heavy (non-hydrogen) atoms. The maximum absolute atomic E-state index is 3.58. The molecule has 86 valence electrons. The first-order valence-corrected chi connectivity index (χ1v) is 6.01. The summed E-state index contributed by atoms with van der Waals surface area (Å²) in [5.74, 6) is 0. The van der Waals surface area contributed by atoms with E-state index in [9.17, 15) is 0 Å². The minimum absolute atomic E-state index is 0.195. The van der Waals surface area contributed by atoms with Crippen LogP contribution in [0.5, 0.6) is 0 Å². The predicted octanol–water partition coefficient (Wildman–Crippen LogP) is 3.46. The standard InChI is InChI=1S/C15H16N2/c1-11-13-9-5-6-10-14(13)17-15(16-11)12-7-3-2-4-8-12/h2-11,15-17H,1H3. The Morgan fingerprint density at radius 3 is 2.41 bits per heavy atom. The van der Waals surface area contributed by atoms with Crippen LogP contribution < -0.4 is 10.6 Å². The van der Waals surface area contributed by atoms with Gasteiger partial charge < -0.3 is 5.32 Å². The van der Waals surface area contributed by atoms with Crippen molar-refractivity contribution in [2.75, 3.05) is 5.32 Å². The minimum atomic E-state index is 0.195. The fourth-order valence-corrected chi connectivity index (χ4v) is 2.37. The molecule has 3 rings (SSSR count). The summed E-state index contributed by atoms with van der Waals surface area (Å²) in [6, 6.07) is 19.3. The van der Waals surface area contributed by atoms with E-state index in [2.05, 4.69) is 66.1 Å². The van der Waals surface area contributed by atoms with Gasteiger partial charge in [-0.05, 0) is 24.1 Å². The maximum Gasteiger partial charge on any atom is 0.104 e. The van der Waals surface area contributed by atoms with E-state index in [0.717, 1.165) is 0 Å². The van der Waals surface area contributed by atoms with E-state index >= 15 is 0 Å². The van der Waals surface area contributed by atoms with Crippen LogP contribution in [0, 0.1) is 0 Å². The largest absolute Gasteiger partial charge is 0.366 e. The molecule has 0 fully saturated rings. The van der Waals surface area contributed by atoms with Crippen molar-refractivity contribution in [3.05, 3.63) is 65.7 Å². The van der Waals surface area contributed by atoms with Crippen LogP contribution in [0.2, 0.25) is 0 Å². The lowest BCUT2D eigenvalue weighted by Gasteiger charge is -2.33. The highest BCUT2D eigenvalue weighted by molar-refractivity contribution is 5.55. The van der Waals surface area contributed by atoms with Gasteiger partial charge in [0.1, 0.15) is 6.17 Å². The van der Waals surface area contributed by atoms with E-state index in [1.54, 1.807) is 0 Å². The first kappa shape index (κ1) is 10.4. The van der Waals surface area contributed by atoms with Crippen molar-refractivity contribution in [3.8, 4) is 0 Å². The van der Waals surface area contributed by atoms with Crippen molar-refractivity contribution in [1.29, 1.82) is 0 Å². The molecule has 1 heterocycles. The van der Waals surface area contributed by atoms with Crippen LogP contribution in [0.25, 0.3) is 0 Å². The second kappa shape index (κ2) is 4.22. The molecule has 2 aromatic carbocycles. The highest BCUT2D eigenvalue weighted by Gasteiger charge is 2.22. The molecule has 2 atom stereocenters. The quantitative estimate of drug-likeness (QED) is 0.775. The molecule has 2 aromatic rings. The zero-order valence-corrected chi connectivity index (χ0v) is 9.85. The van der Waals surface area contributed by atoms with E-state index in [-0.39, 0.29) is 6.17 Å². The first-order valence-electron chi connectivity index (χ1n) is 6.01. The Morgan fingerprint density at radius 2 is 1.59 bits per heavy atom. The Kier molecular flexibility index (Phi) is 2.57. The van der Waals surface area contributed by atoms with Crippen molar-refractivity contribution in [3.63, 3.8) is 0 Å². The van der Waals surface area contributed by atoms with Gasteiger partial charge in [0.25, 0.3) is 0 Å². The fraction of sp³-hybridized carbons (Fsp3) is 0.200. The van der Waals surface area contributed by atoms with Gasteiger partial charge in [-0.3, -0.25) is 5.32 Å². The summed E-state index contributed by atoms with van der Waals surface area (Å²) in [5, 5.41) is 7.11. The first-order chi connectivity index (χ1) is 8.34. The summed E-state index contributed by atoms with van der Waals surface area (Å²) in [6.07, 6.45) is 0.195. The molecule has 0 saturated carbocycles. The number of para-hydroxylation sites is 1. The van der Waals surface area contributed by atoms with E-state index in [4.69, 9.17) is 0 Å². The van der Waals surface area contributed by atoms with Crippen LogP contribution in [-0.2, 0) is 0 Å². The number of rotatable bonds is 1. The number of fused-ring (bicyclic) bond motifs is 1. The highest BCUT2D eigenvalue weighted by atomic mass is 15.2. The van der Waals surface area contributed by atoms with E-state index in [0.29, 0.717) is 6.04 Å². The Hall–Kier alpha value is -1.80. The number of hydrogen-bond acceptors (Lipinski definition) is 2. The summed E-state index contributed by atoms with van der Waals surface area (Å²) in [5.41, 5.74) is 3.83. The summed E-state index contributed by atoms with van der Waals surface area (Å²) in [4.78, 5) is 0. The van der Waals surface area contributed by atoms with Gasteiger partial charge >= 0.3 is 0 Å². The van der Waals surface area contributed by atoms with Gasteiger partial charge in [0.15, 0.2) is 0 Å². The summed E-state index contributed by atoms with van der Waals surface area (Å²) in [7, 11) is 0. The molecule has 0 aliphatic carbocycles. The zero-order chi connectivity index (χ0) is 11.7. The molecule has 2 heteroatoms. The van der Waals surface area contributed by atoms with Crippen LogP contribution >= 0.6 is 0 Å². The third-order valence-corrected chi connectivity index (χ3v) is 3.28. The van der Waals surface area contributed by atoms with E-state index in [1.807, 2.05) is 6.07 Å². The Balaban J connectivity index is 1.94. The van der Waals surface area contributed by atoms with Crippen molar-refractivity contribution in [2.24, 2.45) is 0 Å². The molecule has 0 saturated heterocycles. The number of nitrogens with one attached hydrogen (secondary N) is 2. The van der Waals surface area contributed by atoms with Gasteiger partial charge in [0.2, 0.25) is 0 Å². The molecular weight excluding hydrogens is 208 g/mol. The maximum atomic E-state index is 3.58. The van der Waals surface area contributed by atoms with Crippen LogP contribution in [0.15, 0.2) is 54.6 Å². The average molecular weight is 224 g/mol. The minimum Gasteiger partial charge on any atom is -0.366 e. The van der Waals surface area contributed by atoms with Crippen molar-refractivity contribution < 1.29 is 0 Å². The van der Waals surface area contributed by atoms with Gasteiger partial charge in [-0.15, -0.1) is 0 Å². The lowest BCUT2D eigenvalue weighted by Crippen LogP contribution is -2.35. The summed E-state index contributed by atoms with van der Waals surface area (Å²) >= 11 is 0. The molecule has 2 N–H and O–H groups in total. The van der Waals surface area contributed by atoms with Crippen LogP contribution in [-0.4, -0.2) is 0 Å². The second-order valence-corrected chi connectivity index (χ2v) is 4.46. The molecule has 0 radical (unpaired) electrons. The fourth-order valence-electron chi connectivity index (χ4n) is 2.37. The van der Waals surface area contributed by atoms with E-state index < -0.39 is 0 Å². The van der Waals surface area contributed by atoms with Crippen LogP contribution in [0.1, 0.15) is 30.3 Å². The van der Waals surface area contributed by atoms with Gasteiger partial charge in [-0.1, -0.05) is 48.5 Å². The zero-order valence-electron chi connectivity index (χ0n) is 9.85. The lowest BCUT2D eigenvalue weighted by atomic mass is 10.0. The van der Waals surface area contributed by atoms with Gasteiger partial charge in [0, 0.05) is 11.7 Å². The topological polar surface area (TPSA) is 24.1 Å². The molecule has 0 spiro atoms. The molecule has 1 aliphatic heterocycles. The van der Waals surface area contributed by atoms with Gasteiger partial charge in [0.05, 0.1) is 0 Å². The summed E-state index contributed by atoms with van der Waals surface area (Å²) < 4.78 is 0. The molecule has 0 amide bonds. The molecule has 0 aromatic heterocycles. The Bertz CT molecular complexity index is 507. The third-order valence-electron chi connectivity index (χ3n) is 3.28. The number of anilines is 1. The average Bonchev–Trinajstić information content (AvgIpc) is 2.40. The monoisotopic (exact) mass is 224 g/mol. The summed E-state index contributed by atoms with van der Waals surface area (Å²) in [6.45, 7) is 2.20. The normalized spacial score (nSPS) is 22.6. The lowest BCUT2D eigenvalue weighted by molar-refractivity contribution is 0.484. The predicted molar refractivity (Wildman–Crippen MR) is 70.8 cm³/mol. The van der Waals surface area contributed by atoms with Gasteiger partial charge in [-0.2, -0.15) is 0 Å². The number of benzene rings is 2. The molecular formula is C15H16N2. The van der Waals surface area contributed by atoms with Crippen molar-refractivity contribution >= 4 is 5.69 Å². The van der Waals surface area contributed by atoms with Crippen molar-refractivity contribution in [2.45, 2.75) is 19.1 Å².